The van der Waals surface area contributed by atoms with Crippen LogP contribution in [-0.2, 0) is 0 Å². The molecule has 2 N–H and O–H groups in total. The van der Waals surface area contributed by atoms with Gasteiger partial charge in [-0.3, -0.25) is 0 Å². The van der Waals surface area contributed by atoms with Crippen LogP contribution in [0.25, 0.3) is 0 Å². The van der Waals surface area contributed by atoms with Gasteiger partial charge in [0.15, 0.2) is 0 Å². The average molecular weight is 164 g/mol. The highest BCUT2D eigenvalue weighted by atomic mass is 15.3. The molecule has 1 saturated carbocycles. The van der Waals surface area contributed by atoms with Crippen molar-refractivity contribution in [3.8, 4) is 0 Å². The first-order chi connectivity index (χ1) is 5.86. The maximum atomic E-state index is 3.22. The highest BCUT2D eigenvalue weighted by Gasteiger charge is 2.35. The van der Waals surface area contributed by atoms with E-state index in [0.29, 0.717) is 0 Å². The first-order valence-corrected chi connectivity index (χ1v) is 4.68. The molecule has 0 spiro atoms. The van der Waals surface area contributed by atoms with Crippen molar-refractivity contribution in [1.29, 1.82) is 0 Å². The Kier molecular flexibility index (Phi) is 2.17. The van der Waals surface area contributed by atoms with Crippen LogP contribution in [-0.4, -0.2) is 6.54 Å². The zero-order chi connectivity index (χ0) is 8.39. The van der Waals surface area contributed by atoms with Crippen LogP contribution < -0.4 is 10.9 Å². The van der Waals surface area contributed by atoms with Crippen molar-refractivity contribution in [2.75, 3.05) is 6.54 Å². The van der Waals surface area contributed by atoms with E-state index in [1.54, 1.807) is 0 Å². The molecule has 2 rings (SSSR count). The number of rotatable bonds is 0. The first-order valence-electron chi connectivity index (χ1n) is 4.68. The molecule has 2 atom stereocenters. The molecule has 0 aromatic heterocycles. The topological polar surface area (TPSA) is 24.1 Å². The lowest BCUT2D eigenvalue weighted by Gasteiger charge is -2.05. The standard InChI is InChI=1S/C10H16N2/c1-8-3-2-4-9-5-10(9)7-12-11-6-8/h2-3,6,9-12H,4-5,7H2,1H3/b3-2-,8-6-. The summed E-state index contributed by atoms with van der Waals surface area (Å²) in [5.41, 5.74) is 7.59. The van der Waals surface area contributed by atoms with Crippen molar-refractivity contribution in [1.82, 2.24) is 10.9 Å². The summed E-state index contributed by atoms with van der Waals surface area (Å²) < 4.78 is 0. The highest BCUT2D eigenvalue weighted by Crippen LogP contribution is 2.40. The molecule has 2 aliphatic rings. The van der Waals surface area contributed by atoms with Gasteiger partial charge in [0.1, 0.15) is 0 Å². The predicted molar refractivity (Wildman–Crippen MR) is 50.2 cm³/mol. The van der Waals surface area contributed by atoms with Gasteiger partial charge in [0.2, 0.25) is 0 Å². The maximum Gasteiger partial charge on any atom is 0.0179 e. The fourth-order valence-corrected chi connectivity index (χ4v) is 1.68. The zero-order valence-corrected chi connectivity index (χ0v) is 7.51. The lowest BCUT2D eigenvalue weighted by molar-refractivity contribution is 0.557. The molecule has 12 heavy (non-hydrogen) atoms. The van der Waals surface area contributed by atoms with E-state index in [9.17, 15) is 0 Å². The Hall–Kier alpha value is -0.760. The molecule has 1 heterocycles. The van der Waals surface area contributed by atoms with Crippen LogP contribution in [0.15, 0.2) is 23.9 Å². The van der Waals surface area contributed by atoms with E-state index in [4.69, 9.17) is 0 Å². The molecule has 66 valence electrons. The molecular formula is C10H16N2. The van der Waals surface area contributed by atoms with Gasteiger partial charge in [0, 0.05) is 12.7 Å². The number of hydrogen-bond donors (Lipinski definition) is 2. The molecule has 2 heteroatoms. The number of fused-ring (bicyclic) bond motifs is 1. The van der Waals surface area contributed by atoms with Crippen molar-refractivity contribution in [3.05, 3.63) is 23.9 Å². The van der Waals surface area contributed by atoms with Crippen LogP contribution in [0.5, 0.6) is 0 Å². The van der Waals surface area contributed by atoms with Gasteiger partial charge in [-0.15, -0.1) is 0 Å². The minimum absolute atomic E-state index is 0.911. The molecule has 0 aromatic carbocycles. The molecule has 0 bridgehead atoms. The molecule has 1 aliphatic heterocycles. The van der Waals surface area contributed by atoms with Crippen molar-refractivity contribution in [2.24, 2.45) is 11.8 Å². The summed E-state index contributed by atoms with van der Waals surface area (Å²) in [4.78, 5) is 0. The normalized spacial score (nSPS) is 41.6. The zero-order valence-electron chi connectivity index (χ0n) is 7.51. The Bertz CT molecular complexity index is 218. The van der Waals surface area contributed by atoms with E-state index >= 15 is 0 Å². The van der Waals surface area contributed by atoms with Crippen molar-refractivity contribution < 1.29 is 0 Å². The molecule has 1 fully saturated rings. The third-order valence-corrected chi connectivity index (χ3v) is 2.65. The van der Waals surface area contributed by atoms with E-state index in [1.807, 2.05) is 6.20 Å². The lowest BCUT2D eigenvalue weighted by Crippen LogP contribution is -2.29. The molecule has 2 unspecified atom stereocenters. The molecule has 0 saturated heterocycles. The van der Waals surface area contributed by atoms with E-state index in [0.717, 1.165) is 18.4 Å². The van der Waals surface area contributed by atoms with Gasteiger partial charge >= 0.3 is 0 Å². The Morgan fingerprint density at radius 1 is 1.42 bits per heavy atom. The van der Waals surface area contributed by atoms with Crippen LogP contribution in [0, 0.1) is 11.8 Å². The van der Waals surface area contributed by atoms with Gasteiger partial charge in [-0.2, -0.15) is 0 Å². The van der Waals surface area contributed by atoms with Crippen LogP contribution >= 0.6 is 0 Å². The Morgan fingerprint density at radius 3 is 3.25 bits per heavy atom. The van der Waals surface area contributed by atoms with E-state index in [2.05, 4.69) is 29.9 Å². The third kappa shape index (κ3) is 1.89. The monoisotopic (exact) mass is 164 g/mol. The van der Waals surface area contributed by atoms with Crippen molar-refractivity contribution in [3.63, 3.8) is 0 Å². The summed E-state index contributed by atoms with van der Waals surface area (Å²) in [6.07, 6.45) is 9.16. The van der Waals surface area contributed by atoms with Crippen LogP contribution in [0.4, 0.5) is 0 Å². The Morgan fingerprint density at radius 2 is 2.33 bits per heavy atom. The third-order valence-electron chi connectivity index (χ3n) is 2.65. The molecular weight excluding hydrogens is 148 g/mol. The van der Waals surface area contributed by atoms with Crippen LogP contribution in [0.3, 0.4) is 0 Å². The molecule has 1 aliphatic carbocycles. The quantitative estimate of drug-likeness (QED) is 0.568. The maximum absolute atomic E-state index is 3.22. The molecule has 2 nitrogen and oxygen atoms in total. The second-order valence-electron chi connectivity index (χ2n) is 3.81. The largest absolute Gasteiger partial charge is 0.329 e. The minimum atomic E-state index is 0.911. The summed E-state index contributed by atoms with van der Waals surface area (Å²) in [5, 5.41) is 0. The molecule has 0 radical (unpaired) electrons. The van der Waals surface area contributed by atoms with Crippen molar-refractivity contribution >= 4 is 0 Å². The smallest absolute Gasteiger partial charge is 0.0179 e. The number of hydrazine groups is 1. The van der Waals surface area contributed by atoms with Crippen LogP contribution in [0.2, 0.25) is 0 Å². The van der Waals surface area contributed by atoms with Gasteiger partial charge in [0.05, 0.1) is 0 Å². The fourth-order valence-electron chi connectivity index (χ4n) is 1.68. The van der Waals surface area contributed by atoms with Gasteiger partial charge in [0.25, 0.3) is 0 Å². The van der Waals surface area contributed by atoms with Gasteiger partial charge < -0.3 is 5.43 Å². The fraction of sp³-hybridized carbons (Fsp3) is 0.600. The minimum Gasteiger partial charge on any atom is -0.329 e. The van der Waals surface area contributed by atoms with Gasteiger partial charge in [-0.1, -0.05) is 12.2 Å². The second-order valence-corrected chi connectivity index (χ2v) is 3.81. The molecule has 0 aromatic rings. The predicted octanol–water partition coefficient (Wildman–Crippen LogP) is 1.58. The lowest BCUT2D eigenvalue weighted by atomic mass is 10.2. The van der Waals surface area contributed by atoms with Crippen molar-refractivity contribution in [2.45, 2.75) is 19.8 Å². The van der Waals surface area contributed by atoms with Gasteiger partial charge in [-0.05, 0) is 37.2 Å². The van der Waals surface area contributed by atoms with E-state index in [-0.39, 0.29) is 0 Å². The van der Waals surface area contributed by atoms with E-state index < -0.39 is 0 Å². The summed E-state index contributed by atoms with van der Waals surface area (Å²) in [6.45, 7) is 3.22. The number of nitrogens with one attached hydrogen (secondary N) is 2. The number of allylic oxidation sites excluding steroid dienone is 3. The average Bonchev–Trinajstić information content (AvgIpc) is 2.78. The second kappa shape index (κ2) is 3.31. The summed E-state index contributed by atoms with van der Waals surface area (Å²) >= 11 is 0. The summed E-state index contributed by atoms with van der Waals surface area (Å²) in [7, 11) is 0. The Labute approximate surface area is 73.7 Å². The summed E-state index contributed by atoms with van der Waals surface area (Å²) in [5.74, 6) is 1.86. The van der Waals surface area contributed by atoms with Gasteiger partial charge in [-0.25, -0.2) is 5.43 Å². The Balaban J connectivity index is 1.95. The summed E-state index contributed by atoms with van der Waals surface area (Å²) in [6, 6.07) is 0. The molecule has 0 amide bonds. The van der Waals surface area contributed by atoms with Crippen LogP contribution in [0.1, 0.15) is 19.8 Å². The number of hydrogen-bond acceptors (Lipinski definition) is 2. The van der Waals surface area contributed by atoms with E-state index in [1.165, 1.54) is 18.4 Å². The highest BCUT2D eigenvalue weighted by molar-refractivity contribution is 5.15. The SMILES string of the molecule is CC1=C/NNCC2CC2C/C=C\1. The first kappa shape index (κ1) is 7.87.